The molecule has 4 heterocycles. The van der Waals surface area contributed by atoms with E-state index in [1.165, 1.54) is 9.69 Å². The number of piperazine rings is 1. The first-order valence-electron chi connectivity index (χ1n) is 8.80. The molecule has 2 aromatic rings. The number of nitrogens with zero attached hydrogens (tertiary/aromatic N) is 9. The van der Waals surface area contributed by atoms with Gasteiger partial charge in [-0.05, 0) is 13.8 Å². The molecule has 1 saturated heterocycles. The molecule has 0 aromatic carbocycles. The summed E-state index contributed by atoms with van der Waals surface area (Å²) >= 11 is 0. The minimum Gasteiger partial charge on any atom is -0.337 e. The number of carbonyl (C=O) groups is 1. The van der Waals surface area contributed by atoms with Crippen molar-refractivity contribution in [2.24, 2.45) is 5.10 Å². The maximum atomic E-state index is 14.2. The Morgan fingerprint density at radius 1 is 1.11 bits per heavy atom. The Bertz CT molecular complexity index is 888. The van der Waals surface area contributed by atoms with Gasteiger partial charge in [0.05, 0.1) is 12.7 Å². The Morgan fingerprint density at radius 2 is 1.89 bits per heavy atom. The van der Waals surface area contributed by atoms with E-state index in [-0.39, 0.29) is 11.8 Å². The Labute approximate surface area is 155 Å². The van der Waals surface area contributed by atoms with Crippen molar-refractivity contribution in [3.8, 4) is 5.82 Å². The van der Waals surface area contributed by atoms with Crippen LogP contribution in [0.25, 0.3) is 5.82 Å². The second-order valence-electron chi connectivity index (χ2n) is 6.43. The van der Waals surface area contributed by atoms with E-state index in [4.69, 9.17) is 0 Å². The summed E-state index contributed by atoms with van der Waals surface area (Å²) < 4.78 is 15.6. The maximum Gasteiger partial charge on any atom is 0.340 e. The number of carbonyl (C=O) groups excluding carboxylic acids is 1. The fourth-order valence-corrected chi connectivity index (χ4v) is 3.17. The molecule has 0 aliphatic carbocycles. The van der Waals surface area contributed by atoms with E-state index < -0.39 is 5.82 Å². The average molecular weight is 373 g/mol. The van der Waals surface area contributed by atoms with Crippen LogP contribution in [0.1, 0.15) is 18.1 Å². The van der Waals surface area contributed by atoms with Crippen molar-refractivity contribution in [1.82, 2.24) is 34.6 Å². The fraction of sp³-hybridized carbons (Fsp3) is 0.500. The molecule has 1 fully saturated rings. The van der Waals surface area contributed by atoms with Gasteiger partial charge in [-0.2, -0.15) is 14.8 Å². The molecule has 11 heteroatoms. The Hall–Kier alpha value is -3.11. The summed E-state index contributed by atoms with van der Waals surface area (Å²) in [6.07, 6.45) is 3.68. The zero-order valence-electron chi connectivity index (χ0n) is 15.2. The van der Waals surface area contributed by atoms with Crippen LogP contribution in [-0.4, -0.2) is 79.6 Å². The standard InChI is InChI=1S/C16H20FN9O/c1-11-20-12(2)26(22-11)14-13(17)10-18-15(21-14)23-6-8-24(9-7-23)16(27)25-5-3-4-19-25/h4,10H,3,5-9H2,1-2H3. The molecule has 0 saturated carbocycles. The minimum absolute atomic E-state index is 0.0722. The predicted molar refractivity (Wildman–Crippen MR) is 95.4 cm³/mol. The molecule has 27 heavy (non-hydrogen) atoms. The smallest absolute Gasteiger partial charge is 0.337 e. The van der Waals surface area contributed by atoms with Crippen LogP contribution >= 0.6 is 0 Å². The topological polar surface area (TPSA) is 95.6 Å². The second-order valence-corrected chi connectivity index (χ2v) is 6.43. The normalized spacial score (nSPS) is 17.1. The lowest BCUT2D eigenvalue weighted by Crippen LogP contribution is -2.52. The number of rotatable bonds is 2. The first-order valence-corrected chi connectivity index (χ1v) is 8.80. The molecule has 10 nitrogen and oxygen atoms in total. The maximum absolute atomic E-state index is 14.2. The third-order valence-electron chi connectivity index (χ3n) is 4.53. The lowest BCUT2D eigenvalue weighted by Gasteiger charge is -2.35. The van der Waals surface area contributed by atoms with Crippen molar-refractivity contribution in [3.63, 3.8) is 0 Å². The van der Waals surface area contributed by atoms with Crippen LogP contribution < -0.4 is 4.90 Å². The first kappa shape index (κ1) is 17.3. The summed E-state index contributed by atoms with van der Waals surface area (Å²) in [5, 5.41) is 9.75. The van der Waals surface area contributed by atoms with Gasteiger partial charge >= 0.3 is 6.03 Å². The van der Waals surface area contributed by atoms with E-state index in [0.29, 0.717) is 50.3 Å². The van der Waals surface area contributed by atoms with Gasteiger partial charge in [0.1, 0.15) is 11.6 Å². The number of hydrogen-bond donors (Lipinski definition) is 0. The number of hydrazone groups is 1. The van der Waals surface area contributed by atoms with Gasteiger partial charge in [-0.1, -0.05) is 0 Å². The highest BCUT2D eigenvalue weighted by atomic mass is 19.1. The van der Waals surface area contributed by atoms with Crippen LogP contribution in [0.2, 0.25) is 0 Å². The molecule has 4 rings (SSSR count). The lowest BCUT2D eigenvalue weighted by atomic mass is 10.3. The van der Waals surface area contributed by atoms with Gasteiger partial charge < -0.3 is 9.80 Å². The van der Waals surface area contributed by atoms with Gasteiger partial charge in [0.2, 0.25) is 5.95 Å². The lowest BCUT2D eigenvalue weighted by molar-refractivity contribution is 0.156. The molecule has 0 bridgehead atoms. The van der Waals surface area contributed by atoms with Crippen LogP contribution in [0.4, 0.5) is 15.1 Å². The quantitative estimate of drug-likeness (QED) is 0.771. The first-order chi connectivity index (χ1) is 13.0. The average Bonchev–Trinajstić information content (AvgIpc) is 3.31. The highest BCUT2D eigenvalue weighted by Crippen LogP contribution is 2.18. The zero-order chi connectivity index (χ0) is 19.0. The SMILES string of the molecule is Cc1nc(C)n(-c2nc(N3CCN(C(=O)N4CCC=N4)CC3)ncc2F)n1. The van der Waals surface area contributed by atoms with Crippen molar-refractivity contribution in [3.05, 3.63) is 23.7 Å². The molecular weight excluding hydrogens is 353 g/mol. The van der Waals surface area contributed by atoms with Gasteiger partial charge in [0.15, 0.2) is 11.6 Å². The molecule has 0 radical (unpaired) electrons. The van der Waals surface area contributed by atoms with Gasteiger partial charge in [0, 0.05) is 38.8 Å². The fourth-order valence-electron chi connectivity index (χ4n) is 3.17. The third-order valence-corrected chi connectivity index (χ3v) is 4.53. The molecular formula is C16H20FN9O. The summed E-state index contributed by atoms with van der Waals surface area (Å²) in [7, 11) is 0. The van der Waals surface area contributed by atoms with Crippen LogP contribution in [0.3, 0.4) is 0 Å². The van der Waals surface area contributed by atoms with Gasteiger partial charge in [-0.3, -0.25) is 0 Å². The van der Waals surface area contributed by atoms with Gasteiger partial charge in [-0.25, -0.2) is 24.2 Å². The molecule has 0 atom stereocenters. The van der Waals surface area contributed by atoms with E-state index in [2.05, 4.69) is 25.2 Å². The Balaban J connectivity index is 1.49. The number of halogens is 1. The molecule has 2 amide bonds. The Morgan fingerprint density at radius 3 is 2.52 bits per heavy atom. The molecule has 2 aliphatic rings. The largest absolute Gasteiger partial charge is 0.340 e. The number of urea groups is 1. The molecule has 2 aliphatic heterocycles. The summed E-state index contributed by atoms with van der Waals surface area (Å²) in [5.74, 6) is 1.02. The minimum atomic E-state index is -0.563. The number of aryl methyl sites for hydroxylation is 2. The van der Waals surface area contributed by atoms with Crippen molar-refractivity contribution in [1.29, 1.82) is 0 Å². The van der Waals surface area contributed by atoms with Crippen molar-refractivity contribution in [2.75, 3.05) is 37.6 Å². The second kappa shape index (κ2) is 6.89. The molecule has 0 unspecified atom stereocenters. The summed E-state index contributed by atoms with van der Waals surface area (Å²) in [6.45, 7) is 6.29. The van der Waals surface area contributed by atoms with E-state index in [1.54, 1.807) is 25.0 Å². The summed E-state index contributed by atoms with van der Waals surface area (Å²) in [4.78, 5) is 28.7. The molecule has 0 spiro atoms. The van der Waals surface area contributed by atoms with Crippen molar-refractivity contribution >= 4 is 18.2 Å². The van der Waals surface area contributed by atoms with Gasteiger partial charge in [0.25, 0.3) is 0 Å². The van der Waals surface area contributed by atoms with Gasteiger partial charge in [-0.15, -0.1) is 5.10 Å². The van der Waals surface area contributed by atoms with E-state index in [1.807, 2.05) is 4.90 Å². The molecule has 142 valence electrons. The Kier molecular flexibility index (Phi) is 4.42. The van der Waals surface area contributed by atoms with Crippen molar-refractivity contribution in [2.45, 2.75) is 20.3 Å². The molecule has 2 aromatic heterocycles. The number of hydrogen-bond acceptors (Lipinski definition) is 7. The van der Waals surface area contributed by atoms with E-state index >= 15 is 0 Å². The number of anilines is 1. The van der Waals surface area contributed by atoms with Crippen LogP contribution in [0.15, 0.2) is 11.3 Å². The van der Waals surface area contributed by atoms with E-state index in [9.17, 15) is 9.18 Å². The summed E-state index contributed by atoms with van der Waals surface area (Å²) in [5.41, 5.74) is 0. The summed E-state index contributed by atoms with van der Waals surface area (Å²) in [6, 6.07) is -0.0853. The number of aromatic nitrogens is 5. The van der Waals surface area contributed by atoms with Crippen LogP contribution in [0, 0.1) is 19.7 Å². The van der Waals surface area contributed by atoms with Crippen LogP contribution in [0.5, 0.6) is 0 Å². The zero-order valence-corrected chi connectivity index (χ0v) is 15.2. The molecule has 0 N–H and O–H groups in total. The third kappa shape index (κ3) is 3.32. The highest BCUT2D eigenvalue weighted by Gasteiger charge is 2.27. The highest BCUT2D eigenvalue weighted by molar-refractivity contribution is 5.77. The number of amides is 2. The van der Waals surface area contributed by atoms with Crippen molar-refractivity contribution < 1.29 is 9.18 Å². The monoisotopic (exact) mass is 373 g/mol. The van der Waals surface area contributed by atoms with Crippen LogP contribution in [-0.2, 0) is 0 Å². The predicted octanol–water partition coefficient (Wildman–Crippen LogP) is 0.747. The van der Waals surface area contributed by atoms with E-state index in [0.717, 1.165) is 12.6 Å².